The normalized spacial score (nSPS) is 13.6. The van der Waals surface area contributed by atoms with Crippen LogP contribution < -0.4 is 5.73 Å². The minimum Gasteiger partial charge on any atom is -0.338 e. The molecular weight excluding hydrogens is 233 g/mol. The van der Waals surface area contributed by atoms with Gasteiger partial charge in [0.25, 0.3) is 0 Å². The number of rotatable bonds is 3. The first-order valence-corrected chi connectivity index (χ1v) is 5.77. The molecule has 0 bridgehead atoms. The van der Waals surface area contributed by atoms with Crippen LogP contribution >= 0.6 is 0 Å². The van der Waals surface area contributed by atoms with Crippen molar-refractivity contribution in [2.45, 2.75) is 32.2 Å². The van der Waals surface area contributed by atoms with Gasteiger partial charge in [-0.05, 0) is 38.5 Å². The van der Waals surface area contributed by atoms with Crippen molar-refractivity contribution in [3.8, 4) is 0 Å². The predicted octanol–water partition coefficient (Wildman–Crippen LogP) is 2.55. The van der Waals surface area contributed by atoms with Crippen molar-refractivity contribution in [3.05, 3.63) is 47.4 Å². The number of aromatic nitrogens is 2. The Balaban J connectivity index is 2.37. The Kier molecular flexibility index (Phi) is 3.17. The molecule has 2 rings (SSSR count). The van der Waals surface area contributed by atoms with Crippen LogP contribution in [0.15, 0.2) is 28.8 Å². The molecule has 2 N–H and O–H groups in total. The molecule has 0 aliphatic heterocycles. The van der Waals surface area contributed by atoms with Gasteiger partial charge in [0.15, 0.2) is 5.82 Å². The second-order valence-corrected chi connectivity index (χ2v) is 4.88. The van der Waals surface area contributed by atoms with Gasteiger partial charge >= 0.3 is 0 Å². The minimum atomic E-state index is -0.454. The van der Waals surface area contributed by atoms with Crippen LogP contribution in [0, 0.1) is 5.82 Å². The van der Waals surface area contributed by atoms with E-state index < -0.39 is 5.41 Å². The minimum absolute atomic E-state index is 0.265. The van der Waals surface area contributed by atoms with Gasteiger partial charge in [0.2, 0.25) is 5.89 Å². The molecule has 1 aromatic carbocycles. The largest absolute Gasteiger partial charge is 0.338 e. The lowest BCUT2D eigenvalue weighted by atomic mass is 9.84. The van der Waals surface area contributed by atoms with E-state index in [0.29, 0.717) is 11.7 Å². The fourth-order valence-electron chi connectivity index (χ4n) is 1.67. The van der Waals surface area contributed by atoms with Gasteiger partial charge in [0.1, 0.15) is 5.82 Å². The summed E-state index contributed by atoms with van der Waals surface area (Å²) < 4.78 is 18.0. The summed E-state index contributed by atoms with van der Waals surface area (Å²) in [5, 5.41) is 3.95. The molecule has 5 heteroatoms. The summed E-state index contributed by atoms with van der Waals surface area (Å²) in [7, 11) is 0. The molecular formula is C13H16FN3O. The maximum Gasteiger partial charge on any atom is 0.243 e. The zero-order chi connectivity index (χ0) is 13.3. The second kappa shape index (κ2) is 4.49. The Morgan fingerprint density at radius 1 is 1.28 bits per heavy atom. The van der Waals surface area contributed by atoms with E-state index in [-0.39, 0.29) is 11.9 Å². The smallest absolute Gasteiger partial charge is 0.243 e. The third kappa shape index (κ3) is 2.26. The van der Waals surface area contributed by atoms with Crippen molar-refractivity contribution in [3.63, 3.8) is 0 Å². The summed E-state index contributed by atoms with van der Waals surface area (Å²) in [4.78, 5) is 4.28. The van der Waals surface area contributed by atoms with E-state index in [1.54, 1.807) is 19.1 Å². The second-order valence-electron chi connectivity index (χ2n) is 4.88. The van der Waals surface area contributed by atoms with Crippen molar-refractivity contribution in [1.29, 1.82) is 0 Å². The number of halogens is 1. The van der Waals surface area contributed by atoms with Gasteiger partial charge in [-0.1, -0.05) is 17.3 Å². The molecule has 0 unspecified atom stereocenters. The lowest BCUT2D eigenvalue weighted by Crippen LogP contribution is -2.21. The molecule has 96 valence electrons. The maximum absolute atomic E-state index is 12.9. The molecule has 4 nitrogen and oxygen atoms in total. The Labute approximate surface area is 105 Å². The average Bonchev–Trinajstić information content (AvgIpc) is 2.79. The van der Waals surface area contributed by atoms with Crippen molar-refractivity contribution < 1.29 is 8.91 Å². The van der Waals surface area contributed by atoms with Gasteiger partial charge in [-0.3, -0.25) is 0 Å². The van der Waals surface area contributed by atoms with Crippen LogP contribution in [0.5, 0.6) is 0 Å². The van der Waals surface area contributed by atoms with Crippen molar-refractivity contribution >= 4 is 0 Å². The lowest BCUT2D eigenvalue weighted by molar-refractivity contribution is 0.351. The standard InChI is InChI=1S/C13H16FN3O/c1-8(15)11-16-12(17-18-11)13(2,3)9-4-6-10(14)7-5-9/h4-8H,15H2,1-3H3/t8-/m0/s1. The topological polar surface area (TPSA) is 64.9 Å². The summed E-state index contributed by atoms with van der Waals surface area (Å²) in [6.45, 7) is 5.69. The first-order chi connectivity index (χ1) is 8.41. The van der Waals surface area contributed by atoms with Gasteiger partial charge < -0.3 is 10.3 Å². The van der Waals surface area contributed by atoms with E-state index >= 15 is 0 Å². The molecule has 0 amide bonds. The number of hydrogen-bond acceptors (Lipinski definition) is 4. The summed E-state index contributed by atoms with van der Waals surface area (Å²) in [6, 6.07) is 5.98. The van der Waals surface area contributed by atoms with Gasteiger partial charge in [0, 0.05) is 0 Å². The Hall–Kier alpha value is -1.75. The van der Waals surface area contributed by atoms with Crippen LogP contribution in [-0.4, -0.2) is 10.1 Å². The fraction of sp³-hybridized carbons (Fsp3) is 0.385. The van der Waals surface area contributed by atoms with Crippen molar-refractivity contribution in [1.82, 2.24) is 10.1 Å². The van der Waals surface area contributed by atoms with E-state index in [0.717, 1.165) is 5.56 Å². The summed E-state index contributed by atoms with van der Waals surface area (Å²) in [5.74, 6) is 0.681. The van der Waals surface area contributed by atoms with Crippen LogP contribution in [-0.2, 0) is 5.41 Å². The molecule has 0 radical (unpaired) electrons. The maximum atomic E-state index is 12.9. The van der Waals surface area contributed by atoms with Gasteiger partial charge in [0.05, 0.1) is 11.5 Å². The molecule has 0 spiro atoms. The van der Waals surface area contributed by atoms with Gasteiger partial charge in [-0.15, -0.1) is 0 Å². The number of benzene rings is 1. The highest BCUT2D eigenvalue weighted by Crippen LogP contribution is 2.29. The van der Waals surface area contributed by atoms with Crippen LogP contribution in [0.4, 0.5) is 4.39 Å². The zero-order valence-electron chi connectivity index (χ0n) is 10.6. The monoisotopic (exact) mass is 249 g/mol. The van der Waals surface area contributed by atoms with Crippen LogP contribution in [0.25, 0.3) is 0 Å². The molecule has 1 heterocycles. The van der Waals surface area contributed by atoms with Gasteiger partial charge in [-0.25, -0.2) is 4.39 Å². The lowest BCUT2D eigenvalue weighted by Gasteiger charge is -2.20. The van der Waals surface area contributed by atoms with Crippen molar-refractivity contribution in [2.75, 3.05) is 0 Å². The van der Waals surface area contributed by atoms with E-state index in [1.807, 2.05) is 13.8 Å². The molecule has 0 fully saturated rings. The van der Waals surface area contributed by atoms with Crippen molar-refractivity contribution in [2.24, 2.45) is 5.73 Å². The first kappa shape index (κ1) is 12.7. The molecule has 1 atom stereocenters. The van der Waals surface area contributed by atoms with E-state index in [2.05, 4.69) is 10.1 Å². The Bertz CT molecular complexity index is 531. The molecule has 0 aliphatic carbocycles. The van der Waals surface area contributed by atoms with Gasteiger partial charge in [-0.2, -0.15) is 4.98 Å². The molecule has 0 saturated carbocycles. The third-order valence-electron chi connectivity index (χ3n) is 2.96. The highest BCUT2D eigenvalue weighted by atomic mass is 19.1. The van der Waals surface area contributed by atoms with E-state index in [4.69, 9.17) is 10.3 Å². The molecule has 2 aromatic rings. The highest BCUT2D eigenvalue weighted by molar-refractivity contribution is 5.30. The third-order valence-corrected chi connectivity index (χ3v) is 2.96. The average molecular weight is 249 g/mol. The number of nitrogens with zero attached hydrogens (tertiary/aromatic N) is 2. The quantitative estimate of drug-likeness (QED) is 0.907. The molecule has 1 aromatic heterocycles. The number of hydrogen-bond donors (Lipinski definition) is 1. The molecule has 18 heavy (non-hydrogen) atoms. The molecule has 0 saturated heterocycles. The SMILES string of the molecule is C[C@H](N)c1nc(C(C)(C)c2ccc(F)cc2)no1. The Morgan fingerprint density at radius 3 is 2.39 bits per heavy atom. The zero-order valence-corrected chi connectivity index (χ0v) is 10.6. The summed E-state index contributed by atoms with van der Waals surface area (Å²) in [5.41, 5.74) is 6.15. The summed E-state index contributed by atoms with van der Waals surface area (Å²) in [6.07, 6.45) is 0. The summed E-state index contributed by atoms with van der Waals surface area (Å²) >= 11 is 0. The highest BCUT2D eigenvalue weighted by Gasteiger charge is 2.29. The first-order valence-electron chi connectivity index (χ1n) is 5.77. The number of nitrogens with two attached hydrogens (primary N) is 1. The van der Waals surface area contributed by atoms with Crippen LogP contribution in [0.1, 0.15) is 44.1 Å². The fourth-order valence-corrected chi connectivity index (χ4v) is 1.67. The van der Waals surface area contributed by atoms with E-state index in [1.165, 1.54) is 12.1 Å². The van der Waals surface area contributed by atoms with Crippen LogP contribution in [0.3, 0.4) is 0 Å². The molecule has 0 aliphatic rings. The van der Waals surface area contributed by atoms with E-state index in [9.17, 15) is 4.39 Å². The Morgan fingerprint density at radius 2 is 1.89 bits per heavy atom. The van der Waals surface area contributed by atoms with Crippen LogP contribution in [0.2, 0.25) is 0 Å². The predicted molar refractivity (Wildman–Crippen MR) is 65.4 cm³/mol.